The van der Waals surface area contributed by atoms with E-state index in [0.717, 1.165) is 17.5 Å². The number of nitrogens with zero attached hydrogens (tertiary/aromatic N) is 4. The molecule has 0 aliphatic heterocycles. The second-order valence-corrected chi connectivity index (χ2v) is 7.19. The minimum atomic E-state index is -0.689. The van der Waals surface area contributed by atoms with Crippen LogP contribution in [0.2, 0.25) is 0 Å². The number of aryl methyl sites for hydroxylation is 1. The maximum atomic E-state index is 13.0. The fourth-order valence-electron chi connectivity index (χ4n) is 3.19. The van der Waals surface area contributed by atoms with Crippen molar-refractivity contribution in [2.45, 2.75) is 26.3 Å². The number of anilines is 2. The maximum absolute atomic E-state index is 13.0. The van der Waals surface area contributed by atoms with Crippen molar-refractivity contribution < 1.29 is 4.79 Å². The summed E-state index contributed by atoms with van der Waals surface area (Å²) in [5, 5.41) is 4.06. The van der Waals surface area contributed by atoms with Gasteiger partial charge in [0.15, 0.2) is 5.69 Å². The van der Waals surface area contributed by atoms with Crippen LogP contribution in [0.25, 0.3) is 6.08 Å². The van der Waals surface area contributed by atoms with Crippen molar-refractivity contribution >= 4 is 23.5 Å². The van der Waals surface area contributed by atoms with Gasteiger partial charge in [0.2, 0.25) is 0 Å². The highest BCUT2D eigenvalue weighted by molar-refractivity contribution is 6.05. The number of nitrogens with one attached hydrogen (secondary N) is 1. The smallest absolute Gasteiger partial charge is 0.330 e. The summed E-state index contributed by atoms with van der Waals surface area (Å²) in [6, 6.07) is 9.28. The zero-order valence-electron chi connectivity index (χ0n) is 17.6. The van der Waals surface area contributed by atoms with Gasteiger partial charge in [0, 0.05) is 31.4 Å². The molecule has 31 heavy (non-hydrogen) atoms. The molecule has 3 N–H and O–H groups in total. The summed E-state index contributed by atoms with van der Waals surface area (Å²) in [7, 11) is 1.78. The lowest BCUT2D eigenvalue weighted by Gasteiger charge is -2.23. The Labute approximate surface area is 179 Å². The quantitative estimate of drug-likeness (QED) is 0.536. The van der Waals surface area contributed by atoms with Crippen molar-refractivity contribution in [3.63, 3.8) is 0 Å². The predicted molar refractivity (Wildman–Crippen MR) is 121 cm³/mol. The maximum Gasteiger partial charge on any atom is 0.330 e. The van der Waals surface area contributed by atoms with E-state index in [1.54, 1.807) is 30.2 Å². The topological polar surface area (TPSA) is 119 Å². The normalized spacial score (nSPS) is 11.2. The van der Waals surface area contributed by atoms with Crippen molar-refractivity contribution in [2.24, 2.45) is 7.05 Å². The van der Waals surface area contributed by atoms with Crippen molar-refractivity contribution in [3.8, 4) is 0 Å². The number of nitrogen functional groups attached to an aromatic ring is 1. The number of hydrogen-bond donors (Lipinski definition) is 2. The van der Waals surface area contributed by atoms with Crippen LogP contribution in [0, 0.1) is 0 Å². The van der Waals surface area contributed by atoms with E-state index in [0.29, 0.717) is 13.0 Å². The molecule has 9 nitrogen and oxygen atoms in total. The summed E-state index contributed by atoms with van der Waals surface area (Å²) in [6.45, 7) is 2.46. The minimum absolute atomic E-state index is 0.0233. The van der Waals surface area contributed by atoms with Crippen LogP contribution in [0.15, 0.2) is 58.4 Å². The Morgan fingerprint density at radius 3 is 2.65 bits per heavy atom. The molecule has 162 valence electrons. The first-order valence-electron chi connectivity index (χ1n) is 10.1. The van der Waals surface area contributed by atoms with E-state index < -0.39 is 17.2 Å². The number of aromatic amines is 1. The number of nitrogens with two attached hydrogens (primary N) is 1. The molecule has 0 unspecified atom stereocenters. The largest absolute Gasteiger partial charge is 0.383 e. The summed E-state index contributed by atoms with van der Waals surface area (Å²) in [6.07, 6.45) is 7.88. The molecule has 0 bridgehead atoms. The molecule has 0 spiro atoms. The Bertz CT molecular complexity index is 1190. The van der Waals surface area contributed by atoms with Crippen molar-refractivity contribution in [2.75, 3.05) is 17.2 Å². The number of benzene rings is 1. The molecule has 0 radical (unpaired) electrons. The van der Waals surface area contributed by atoms with Crippen LogP contribution in [0.3, 0.4) is 0 Å². The van der Waals surface area contributed by atoms with Gasteiger partial charge >= 0.3 is 5.69 Å². The van der Waals surface area contributed by atoms with E-state index in [1.807, 2.05) is 37.3 Å². The molecule has 2 heterocycles. The molecular formula is C22H26N6O3. The summed E-state index contributed by atoms with van der Waals surface area (Å²) >= 11 is 0. The zero-order chi connectivity index (χ0) is 22.4. The van der Waals surface area contributed by atoms with Crippen LogP contribution >= 0.6 is 0 Å². The Morgan fingerprint density at radius 2 is 2.00 bits per heavy atom. The summed E-state index contributed by atoms with van der Waals surface area (Å²) < 4.78 is 2.89. The Hall–Kier alpha value is -3.88. The number of unbranched alkanes of at least 4 members (excludes halogenated alkanes) is 1. The molecule has 3 rings (SSSR count). The fraction of sp³-hybridized carbons (Fsp3) is 0.273. The van der Waals surface area contributed by atoms with E-state index in [2.05, 4.69) is 10.1 Å². The van der Waals surface area contributed by atoms with Crippen molar-refractivity contribution in [3.05, 3.63) is 80.8 Å². The molecule has 0 saturated carbocycles. The lowest BCUT2D eigenvalue weighted by atomic mass is 10.2. The van der Waals surface area contributed by atoms with Gasteiger partial charge in [-0.25, -0.2) is 4.79 Å². The number of aromatic nitrogens is 4. The zero-order valence-corrected chi connectivity index (χ0v) is 17.6. The fourth-order valence-corrected chi connectivity index (χ4v) is 3.19. The van der Waals surface area contributed by atoms with E-state index in [1.165, 1.54) is 15.5 Å². The van der Waals surface area contributed by atoms with Crippen molar-refractivity contribution in [1.82, 2.24) is 19.3 Å². The number of amides is 1. The molecule has 2 aromatic heterocycles. The SMILES string of the molecule is CCCCN(C(=O)/C=C/c1cnn(C)c1)c1c(N)n(Cc2ccccc2)c(=O)[nH]c1=O. The van der Waals surface area contributed by atoms with Crippen LogP contribution in [0.4, 0.5) is 11.5 Å². The Morgan fingerprint density at radius 1 is 1.26 bits per heavy atom. The first kappa shape index (κ1) is 21.8. The average Bonchev–Trinajstić information content (AvgIpc) is 3.17. The average molecular weight is 422 g/mol. The summed E-state index contributed by atoms with van der Waals surface area (Å²) in [4.78, 5) is 41.7. The number of H-pyrrole nitrogens is 1. The minimum Gasteiger partial charge on any atom is -0.383 e. The lowest BCUT2D eigenvalue weighted by Crippen LogP contribution is -2.41. The molecule has 0 aliphatic carbocycles. The van der Waals surface area contributed by atoms with Crippen LogP contribution in [0.5, 0.6) is 0 Å². The first-order chi connectivity index (χ1) is 14.9. The van der Waals surface area contributed by atoms with Gasteiger partial charge in [-0.15, -0.1) is 0 Å². The molecule has 0 aliphatic rings. The molecule has 0 atom stereocenters. The van der Waals surface area contributed by atoms with E-state index in [-0.39, 0.29) is 18.1 Å². The molecular weight excluding hydrogens is 396 g/mol. The van der Waals surface area contributed by atoms with Gasteiger partial charge in [0.05, 0.1) is 12.7 Å². The van der Waals surface area contributed by atoms with Crippen molar-refractivity contribution in [1.29, 1.82) is 0 Å². The van der Waals surface area contributed by atoms with E-state index in [9.17, 15) is 14.4 Å². The van der Waals surface area contributed by atoms with Gasteiger partial charge in [-0.1, -0.05) is 43.7 Å². The van der Waals surface area contributed by atoms with Gasteiger partial charge < -0.3 is 10.6 Å². The monoisotopic (exact) mass is 422 g/mol. The molecule has 0 fully saturated rings. The first-order valence-corrected chi connectivity index (χ1v) is 10.1. The second-order valence-electron chi connectivity index (χ2n) is 7.19. The van der Waals surface area contributed by atoms with Crippen LogP contribution < -0.4 is 21.9 Å². The lowest BCUT2D eigenvalue weighted by molar-refractivity contribution is -0.114. The van der Waals surface area contributed by atoms with Crippen LogP contribution in [-0.4, -0.2) is 31.8 Å². The van der Waals surface area contributed by atoms with E-state index in [4.69, 9.17) is 5.73 Å². The highest BCUT2D eigenvalue weighted by Crippen LogP contribution is 2.19. The second kappa shape index (κ2) is 9.75. The molecule has 0 saturated heterocycles. The highest BCUT2D eigenvalue weighted by atomic mass is 16.2. The molecule has 9 heteroatoms. The van der Waals surface area contributed by atoms with E-state index >= 15 is 0 Å². The van der Waals surface area contributed by atoms with Gasteiger partial charge in [-0.3, -0.25) is 23.8 Å². The van der Waals surface area contributed by atoms with Crippen LogP contribution in [-0.2, 0) is 18.4 Å². The summed E-state index contributed by atoms with van der Waals surface area (Å²) in [5.41, 5.74) is 6.53. The number of carbonyl (C=O) groups is 1. The molecule has 1 amide bonds. The Balaban J connectivity index is 2.00. The third-order valence-corrected chi connectivity index (χ3v) is 4.81. The van der Waals surface area contributed by atoms with Gasteiger partial charge in [0.25, 0.3) is 11.5 Å². The number of carbonyl (C=O) groups excluding carboxylic acids is 1. The Kier molecular flexibility index (Phi) is 6.86. The van der Waals surface area contributed by atoms with Crippen LogP contribution in [0.1, 0.15) is 30.9 Å². The number of rotatable bonds is 8. The van der Waals surface area contributed by atoms with Gasteiger partial charge in [-0.05, 0) is 18.1 Å². The highest BCUT2D eigenvalue weighted by Gasteiger charge is 2.22. The molecule has 1 aromatic carbocycles. The van der Waals surface area contributed by atoms with Gasteiger partial charge in [-0.2, -0.15) is 5.10 Å². The molecule has 3 aromatic rings. The van der Waals surface area contributed by atoms with Gasteiger partial charge in [0.1, 0.15) is 5.82 Å². The predicted octanol–water partition coefficient (Wildman–Crippen LogP) is 1.75. The standard InChI is InChI=1S/C22H26N6O3/c1-3-4-12-27(18(29)11-10-17-13-24-26(2)14-17)19-20(23)28(22(31)25-21(19)30)15-16-8-6-5-7-9-16/h5-11,13-14H,3-4,12,15,23H2,1-2H3,(H,25,30,31)/b11-10+. The third kappa shape index (κ3) is 5.19. The third-order valence-electron chi connectivity index (χ3n) is 4.81. The summed E-state index contributed by atoms with van der Waals surface area (Å²) in [5.74, 6) is -0.448. The number of hydrogen-bond acceptors (Lipinski definition) is 5.